The molecule has 1 aromatic carbocycles. The van der Waals surface area contributed by atoms with E-state index >= 15 is 0 Å². The lowest BCUT2D eigenvalue weighted by Crippen LogP contribution is -1.96. The summed E-state index contributed by atoms with van der Waals surface area (Å²) in [5, 5.41) is 0. The Morgan fingerprint density at radius 1 is 0.905 bits per heavy atom. The molecule has 0 spiro atoms. The summed E-state index contributed by atoms with van der Waals surface area (Å²) in [6, 6.07) is 8.06. The standard InChI is InChI=1S/C19H24O2/c1-2-3-4-10-17-21-19-14-12-18(13-15-19)11-8-6-5-7-9-16-20/h5-9,11-16H,2-4,10,17H2,1H3/b6-5+,9-7+,11-8+. The van der Waals surface area contributed by atoms with E-state index in [4.69, 9.17) is 4.74 Å². The van der Waals surface area contributed by atoms with Crippen LogP contribution in [0.5, 0.6) is 5.75 Å². The zero-order valence-electron chi connectivity index (χ0n) is 12.7. The van der Waals surface area contributed by atoms with Crippen molar-refractivity contribution in [1.82, 2.24) is 0 Å². The average Bonchev–Trinajstić information content (AvgIpc) is 2.52. The van der Waals surface area contributed by atoms with Gasteiger partial charge in [0.05, 0.1) is 6.61 Å². The minimum absolute atomic E-state index is 0.759. The minimum atomic E-state index is 0.759. The average molecular weight is 284 g/mol. The third-order valence-corrected chi connectivity index (χ3v) is 2.96. The largest absolute Gasteiger partial charge is 0.494 e. The van der Waals surface area contributed by atoms with Gasteiger partial charge in [0.2, 0.25) is 0 Å². The molecule has 112 valence electrons. The molecule has 1 aromatic rings. The molecule has 0 unspecified atom stereocenters. The molecule has 0 bridgehead atoms. The fourth-order valence-electron chi connectivity index (χ4n) is 1.80. The number of benzene rings is 1. The van der Waals surface area contributed by atoms with Gasteiger partial charge < -0.3 is 4.74 Å². The minimum Gasteiger partial charge on any atom is -0.494 e. The normalized spacial score (nSPS) is 11.7. The Balaban J connectivity index is 2.32. The van der Waals surface area contributed by atoms with Gasteiger partial charge in [-0.1, -0.05) is 68.7 Å². The molecule has 2 nitrogen and oxygen atoms in total. The van der Waals surface area contributed by atoms with Crippen molar-refractivity contribution in [1.29, 1.82) is 0 Å². The van der Waals surface area contributed by atoms with Gasteiger partial charge in [0.25, 0.3) is 0 Å². The van der Waals surface area contributed by atoms with Crippen molar-refractivity contribution < 1.29 is 9.53 Å². The fourth-order valence-corrected chi connectivity index (χ4v) is 1.80. The number of ether oxygens (including phenoxy) is 1. The zero-order valence-corrected chi connectivity index (χ0v) is 12.7. The van der Waals surface area contributed by atoms with E-state index in [0.717, 1.165) is 30.6 Å². The summed E-state index contributed by atoms with van der Waals surface area (Å²) in [6.45, 7) is 3.00. The number of carbonyl (C=O) groups is 1. The second kappa shape index (κ2) is 11.7. The smallest absolute Gasteiger partial charge is 0.142 e. The van der Waals surface area contributed by atoms with Crippen LogP contribution in [0.1, 0.15) is 38.2 Å². The van der Waals surface area contributed by atoms with Crippen LogP contribution < -0.4 is 4.74 Å². The molecule has 0 N–H and O–H groups in total. The lowest BCUT2D eigenvalue weighted by molar-refractivity contribution is -0.104. The molecule has 0 saturated heterocycles. The Kier molecular flexibility index (Phi) is 9.46. The monoisotopic (exact) mass is 284 g/mol. The van der Waals surface area contributed by atoms with Crippen LogP contribution in [-0.2, 0) is 4.79 Å². The summed E-state index contributed by atoms with van der Waals surface area (Å²) in [6.07, 6.45) is 16.5. The van der Waals surface area contributed by atoms with Gasteiger partial charge in [-0.2, -0.15) is 0 Å². The SMILES string of the molecule is CCCCCCOc1ccc(/C=C/C=C/C=C/C=O)cc1. The number of unbranched alkanes of at least 4 members (excludes halogenated alkanes) is 3. The first-order chi connectivity index (χ1) is 10.4. The molecule has 0 aliphatic heterocycles. The molecule has 0 fully saturated rings. The fraction of sp³-hybridized carbons (Fsp3) is 0.316. The van der Waals surface area contributed by atoms with Crippen LogP contribution in [-0.4, -0.2) is 12.9 Å². The number of hydrogen-bond acceptors (Lipinski definition) is 2. The second-order valence-electron chi connectivity index (χ2n) is 4.74. The molecule has 21 heavy (non-hydrogen) atoms. The van der Waals surface area contributed by atoms with Gasteiger partial charge >= 0.3 is 0 Å². The number of carbonyl (C=O) groups excluding carboxylic acids is 1. The molecule has 0 aliphatic carbocycles. The molecule has 0 aliphatic rings. The van der Waals surface area contributed by atoms with E-state index < -0.39 is 0 Å². The molecular formula is C19H24O2. The molecular weight excluding hydrogens is 260 g/mol. The highest BCUT2D eigenvalue weighted by Crippen LogP contribution is 2.14. The van der Waals surface area contributed by atoms with Crippen LogP contribution in [0.2, 0.25) is 0 Å². The van der Waals surface area contributed by atoms with Crippen molar-refractivity contribution in [2.75, 3.05) is 6.61 Å². The van der Waals surface area contributed by atoms with E-state index in [1.54, 1.807) is 6.08 Å². The zero-order chi connectivity index (χ0) is 15.2. The Labute approximate surface area is 127 Å². The van der Waals surface area contributed by atoms with E-state index in [1.807, 2.05) is 48.6 Å². The van der Waals surface area contributed by atoms with Crippen LogP contribution in [0.25, 0.3) is 6.08 Å². The highest BCUT2D eigenvalue weighted by atomic mass is 16.5. The molecule has 2 heteroatoms. The predicted octanol–water partition coefficient (Wildman–Crippen LogP) is 4.97. The van der Waals surface area contributed by atoms with Crippen molar-refractivity contribution in [2.24, 2.45) is 0 Å². The van der Waals surface area contributed by atoms with E-state index in [2.05, 4.69) is 6.92 Å². The Morgan fingerprint density at radius 3 is 2.33 bits per heavy atom. The van der Waals surface area contributed by atoms with E-state index in [0.29, 0.717) is 0 Å². The highest BCUT2D eigenvalue weighted by molar-refractivity contribution is 5.65. The molecule has 0 aromatic heterocycles. The van der Waals surface area contributed by atoms with Gasteiger partial charge in [-0.05, 0) is 30.2 Å². The molecule has 0 amide bonds. The maximum atomic E-state index is 10.1. The van der Waals surface area contributed by atoms with Crippen molar-refractivity contribution in [3.8, 4) is 5.75 Å². The van der Waals surface area contributed by atoms with Crippen LogP contribution in [0.4, 0.5) is 0 Å². The van der Waals surface area contributed by atoms with Gasteiger partial charge in [0.15, 0.2) is 0 Å². The molecule has 0 heterocycles. The quantitative estimate of drug-likeness (QED) is 0.262. The Morgan fingerprint density at radius 2 is 1.62 bits per heavy atom. The van der Waals surface area contributed by atoms with Crippen molar-refractivity contribution in [3.05, 3.63) is 60.2 Å². The summed E-state index contributed by atoms with van der Waals surface area (Å²) in [5.74, 6) is 0.924. The first-order valence-electron chi connectivity index (χ1n) is 7.55. The van der Waals surface area contributed by atoms with E-state index in [1.165, 1.54) is 25.3 Å². The lowest BCUT2D eigenvalue weighted by atomic mass is 10.2. The summed E-state index contributed by atoms with van der Waals surface area (Å²) >= 11 is 0. The van der Waals surface area contributed by atoms with Crippen LogP contribution in [0.15, 0.2) is 54.6 Å². The summed E-state index contributed by atoms with van der Waals surface area (Å²) < 4.78 is 5.70. The highest BCUT2D eigenvalue weighted by Gasteiger charge is 1.93. The van der Waals surface area contributed by atoms with Gasteiger partial charge in [0.1, 0.15) is 12.0 Å². The van der Waals surface area contributed by atoms with Gasteiger partial charge in [0, 0.05) is 0 Å². The van der Waals surface area contributed by atoms with Gasteiger partial charge in [-0.3, -0.25) is 4.79 Å². The predicted molar refractivity (Wildman–Crippen MR) is 89.5 cm³/mol. The first kappa shape index (κ1) is 17.0. The van der Waals surface area contributed by atoms with Crippen LogP contribution in [0, 0.1) is 0 Å². The number of rotatable bonds is 10. The second-order valence-corrected chi connectivity index (χ2v) is 4.74. The topological polar surface area (TPSA) is 26.3 Å². The molecule has 0 atom stereocenters. The third-order valence-electron chi connectivity index (χ3n) is 2.96. The Hall–Kier alpha value is -2.09. The summed E-state index contributed by atoms with van der Waals surface area (Å²) in [4.78, 5) is 10.1. The van der Waals surface area contributed by atoms with Crippen molar-refractivity contribution >= 4 is 12.4 Å². The summed E-state index contributed by atoms with van der Waals surface area (Å²) in [5.41, 5.74) is 1.12. The number of aldehydes is 1. The van der Waals surface area contributed by atoms with Crippen LogP contribution >= 0.6 is 0 Å². The van der Waals surface area contributed by atoms with E-state index in [-0.39, 0.29) is 0 Å². The van der Waals surface area contributed by atoms with E-state index in [9.17, 15) is 4.79 Å². The molecule has 1 rings (SSSR count). The molecule has 0 saturated carbocycles. The van der Waals surface area contributed by atoms with Gasteiger partial charge in [-0.15, -0.1) is 0 Å². The van der Waals surface area contributed by atoms with Crippen LogP contribution in [0.3, 0.4) is 0 Å². The number of allylic oxidation sites excluding steroid dienone is 5. The first-order valence-corrected chi connectivity index (χ1v) is 7.55. The van der Waals surface area contributed by atoms with Crippen molar-refractivity contribution in [3.63, 3.8) is 0 Å². The maximum absolute atomic E-state index is 10.1. The third kappa shape index (κ3) is 8.64. The van der Waals surface area contributed by atoms with Gasteiger partial charge in [-0.25, -0.2) is 0 Å². The lowest BCUT2D eigenvalue weighted by Gasteiger charge is -2.05. The Bertz CT molecular complexity index is 467. The molecule has 0 radical (unpaired) electrons. The number of hydrogen-bond donors (Lipinski definition) is 0. The summed E-state index contributed by atoms with van der Waals surface area (Å²) in [7, 11) is 0. The van der Waals surface area contributed by atoms with Crippen molar-refractivity contribution in [2.45, 2.75) is 32.6 Å². The maximum Gasteiger partial charge on any atom is 0.142 e.